The van der Waals surface area contributed by atoms with Crippen molar-refractivity contribution in [2.75, 3.05) is 26.7 Å². The van der Waals surface area contributed by atoms with E-state index in [9.17, 15) is 19.5 Å². The van der Waals surface area contributed by atoms with Gasteiger partial charge in [0.1, 0.15) is 18.1 Å². The average molecular weight is 722 g/mol. The molecule has 13 atom stereocenters. The standard InChI is InChI=1S/C40H55N3O9/c1-10-26-12-14-27(15-13-26)20-42(9)29-18-22(3)49-37(33(29)45)51-35-24(5)32(44)25(6)36(46)50-30(11-2)40(8)34-23(4)31(28-19-39(35,7)48-21-28)41-16-17-43(34)38(47)52-40/h1,12-15,22-25,28-30,33-35,37,45H,11,16-21H2,2-9H3/t22-,23+,24+,25-,28+,29+,30-,33+,34-,35-,37+,39-,40-/m1/s1. The molecule has 284 valence electrons. The molecule has 4 bridgehead atoms. The number of cyclic esters (lactones) is 1. The fourth-order valence-corrected chi connectivity index (χ4v) is 9.50. The third-order valence-corrected chi connectivity index (χ3v) is 12.3. The molecule has 0 radical (unpaired) electrons. The second kappa shape index (κ2) is 14.8. The number of fused-ring (bicyclic) bond motifs is 4. The molecule has 4 fully saturated rings. The van der Waals surface area contributed by atoms with Crippen molar-refractivity contribution in [2.45, 2.75) is 128 Å². The van der Waals surface area contributed by atoms with Crippen LogP contribution in [0, 0.1) is 36.0 Å². The fourth-order valence-electron chi connectivity index (χ4n) is 9.50. The van der Waals surface area contributed by atoms with Crippen LogP contribution in [0.2, 0.25) is 0 Å². The van der Waals surface area contributed by atoms with E-state index in [1.54, 1.807) is 18.7 Å². The highest BCUT2D eigenvalue weighted by atomic mass is 16.7. The first kappa shape index (κ1) is 38.4. The SMILES string of the molecule is C#Cc1ccc(CN(C)[C@H]2C[C@@H](C)O[C@@H](O[C@@H]3[C@@H](C)C(=O)[C@@H](C)C(=O)O[C@H](CC)[C@@]4(C)OC(=O)N5CCN=C([C@@H]6CO[C@]3(C)C6)[C@H](C)[C@@H]54)[C@H]2O)cc1. The molecular weight excluding hydrogens is 666 g/mol. The van der Waals surface area contributed by atoms with E-state index in [0.717, 1.165) is 16.8 Å². The Balaban J connectivity index is 1.32. The van der Waals surface area contributed by atoms with Gasteiger partial charge in [0.25, 0.3) is 0 Å². The Kier molecular flexibility index (Phi) is 10.9. The van der Waals surface area contributed by atoms with E-state index in [2.05, 4.69) is 17.7 Å². The summed E-state index contributed by atoms with van der Waals surface area (Å²) in [6.07, 6.45) is 2.44. The average Bonchev–Trinajstić information content (AvgIpc) is 3.56. The van der Waals surface area contributed by atoms with E-state index in [1.165, 1.54) is 0 Å². The summed E-state index contributed by atoms with van der Waals surface area (Å²) in [5.41, 5.74) is 0.589. The quantitative estimate of drug-likeness (QED) is 0.261. The van der Waals surface area contributed by atoms with Gasteiger partial charge in [-0.1, -0.05) is 38.8 Å². The van der Waals surface area contributed by atoms with Gasteiger partial charge in [0.15, 0.2) is 17.7 Å². The highest BCUT2D eigenvalue weighted by Gasteiger charge is 2.61. The number of terminal acetylenes is 1. The van der Waals surface area contributed by atoms with Crippen LogP contribution in [-0.2, 0) is 39.8 Å². The van der Waals surface area contributed by atoms with Crippen molar-refractivity contribution in [3.63, 3.8) is 0 Å². The number of carbonyl (C=O) groups excluding carboxylic acids is 3. The van der Waals surface area contributed by atoms with Crippen molar-refractivity contribution in [3.8, 4) is 12.3 Å². The number of ketones is 1. The molecule has 0 aliphatic carbocycles. The molecule has 1 N–H and O–H groups in total. The van der Waals surface area contributed by atoms with Crippen LogP contribution >= 0.6 is 0 Å². The zero-order chi connectivity index (χ0) is 37.7. The number of aliphatic hydroxyl groups is 1. The maximum atomic E-state index is 14.3. The number of aliphatic hydroxyl groups excluding tert-OH is 1. The minimum absolute atomic E-state index is 0.132. The Morgan fingerprint density at radius 3 is 2.50 bits per heavy atom. The van der Waals surface area contributed by atoms with Gasteiger partial charge in [-0.15, -0.1) is 6.42 Å². The first-order valence-electron chi connectivity index (χ1n) is 18.8. The summed E-state index contributed by atoms with van der Waals surface area (Å²) in [5.74, 6) is -0.783. The fraction of sp³-hybridized carbons (Fsp3) is 0.700. The first-order valence-corrected chi connectivity index (χ1v) is 18.8. The van der Waals surface area contributed by atoms with E-state index in [-0.39, 0.29) is 29.8 Å². The summed E-state index contributed by atoms with van der Waals surface area (Å²) in [6.45, 7) is 14.6. The number of carbonyl (C=O) groups is 3. The lowest BCUT2D eigenvalue weighted by molar-refractivity contribution is -0.293. The first-order chi connectivity index (χ1) is 24.6. The number of amides is 1. The molecule has 0 saturated carbocycles. The molecule has 1 aromatic carbocycles. The van der Waals surface area contributed by atoms with Crippen molar-refractivity contribution < 1.29 is 43.2 Å². The van der Waals surface area contributed by atoms with Crippen molar-refractivity contribution >= 4 is 23.6 Å². The van der Waals surface area contributed by atoms with Crippen LogP contribution in [0.1, 0.15) is 78.9 Å². The smallest absolute Gasteiger partial charge is 0.410 e. The van der Waals surface area contributed by atoms with Crippen LogP contribution in [0.15, 0.2) is 29.3 Å². The van der Waals surface area contributed by atoms with Gasteiger partial charge in [0.2, 0.25) is 0 Å². The minimum Gasteiger partial charge on any atom is -0.458 e. The van der Waals surface area contributed by atoms with Gasteiger partial charge >= 0.3 is 12.1 Å². The lowest BCUT2D eigenvalue weighted by Crippen LogP contribution is -2.59. The van der Waals surface area contributed by atoms with Gasteiger partial charge in [-0.2, -0.15) is 0 Å². The summed E-state index contributed by atoms with van der Waals surface area (Å²) in [4.78, 5) is 50.2. The minimum atomic E-state index is -1.15. The second-order valence-corrected chi connectivity index (χ2v) is 16.0. The third kappa shape index (κ3) is 6.91. The summed E-state index contributed by atoms with van der Waals surface area (Å²) < 4.78 is 31.9. The number of benzene rings is 1. The van der Waals surface area contributed by atoms with E-state index in [1.807, 2.05) is 59.0 Å². The molecule has 4 saturated heterocycles. The molecule has 0 spiro atoms. The number of Topliss-reactive ketones (excluding diaryl/α,β-unsaturated/α-hetero) is 1. The number of likely N-dealkylation sites (N-methyl/N-ethyl adjacent to an activating group) is 1. The van der Waals surface area contributed by atoms with Gasteiger partial charge in [-0.3, -0.25) is 24.4 Å². The molecule has 5 aliphatic rings. The number of rotatable bonds is 6. The summed E-state index contributed by atoms with van der Waals surface area (Å²) in [7, 11) is 1.96. The maximum Gasteiger partial charge on any atom is 0.410 e. The summed E-state index contributed by atoms with van der Waals surface area (Å²) in [6, 6.07) is 7.00. The van der Waals surface area contributed by atoms with Crippen LogP contribution < -0.4 is 0 Å². The van der Waals surface area contributed by atoms with E-state index in [4.69, 9.17) is 35.1 Å². The van der Waals surface area contributed by atoms with Crippen molar-refractivity contribution in [1.82, 2.24) is 9.80 Å². The normalized spacial score (nSPS) is 41.1. The zero-order valence-corrected chi connectivity index (χ0v) is 31.7. The van der Waals surface area contributed by atoms with Gasteiger partial charge < -0.3 is 28.8 Å². The van der Waals surface area contributed by atoms with E-state index in [0.29, 0.717) is 45.5 Å². The Bertz CT molecular complexity index is 1590. The third-order valence-electron chi connectivity index (χ3n) is 12.3. The molecular formula is C40H55N3O9. The molecule has 1 amide bonds. The molecule has 12 nitrogen and oxygen atoms in total. The van der Waals surface area contributed by atoms with Gasteiger partial charge in [-0.05, 0) is 71.7 Å². The maximum absolute atomic E-state index is 14.3. The zero-order valence-electron chi connectivity index (χ0n) is 31.7. The van der Waals surface area contributed by atoms with Crippen molar-refractivity contribution in [3.05, 3.63) is 35.4 Å². The van der Waals surface area contributed by atoms with Crippen molar-refractivity contribution in [1.29, 1.82) is 0 Å². The summed E-state index contributed by atoms with van der Waals surface area (Å²) in [5, 5.41) is 11.8. The monoisotopic (exact) mass is 721 g/mol. The summed E-state index contributed by atoms with van der Waals surface area (Å²) >= 11 is 0. The molecule has 1 aromatic rings. The number of aliphatic imine (C=N–C) groups is 1. The molecule has 6 rings (SSSR count). The van der Waals surface area contributed by atoms with Crippen LogP contribution in [0.5, 0.6) is 0 Å². The van der Waals surface area contributed by atoms with Crippen molar-refractivity contribution in [2.24, 2.45) is 28.7 Å². The van der Waals surface area contributed by atoms with E-state index < -0.39 is 65.7 Å². The Hall–Kier alpha value is -3.34. The number of hydrogen-bond donors (Lipinski definition) is 1. The van der Waals surface area contributed by atoms with Gasteiger partial charge in [0.05, 0.1) is 37.0 Å². The lowest BCUT2D eigenvalue weighted by atomic mass is 9.74. The Labute approximate surface area is 307 Å². The van der Waals surface area contributed by atoms with Crippen LogP contribution in [-0.4, -0.2) is 119 Å². The van der Waals surface area contributed by atoms with Crippen LogP contribution in [0.25, 0.3) is 0 Å². The topological polar surface area (TPSA) is 136 Å². The highest BCUT2D eigenvalue weighted by molar-refractivity contribution is 6.00. The number of hydrogen-bond acceptors (Lipinski definition) is 11. The number of esters is 1. The Morgan fingerprint density at radius 1 is 1.12 bits per heavy atom. The predicted molar refractivity (Wildman–Crippen MR) is 192 cm³/mol. The van der Waals surface area contributed by atoms with Crippen LogP contribution in [0.3, 0.4) is 0 Å². The molecule has 52 heavy (non-hydrogen) atoms. The molecule has 5 aliphatic heterocycles. The highest BCUT2D eigenvalue weighted by Crippen LogP contribution is 2.46. The second-order valence-electron chi connectivity index (χ2n) is 16.0. The molecule has 5 heterocycles. The number of ether oxygens (including phenoxy) is 5. The van der Waals surface area contributed by atoms with Gasteiger partial charge in [0, 0.05) is 48.2 Å². The Morgan fingerprint density at radius 2 is 1.83 bits per heavy atom. The van der Waals surface area contributed by atoms with Gasteiger partial charge in [-0.25, -0.2) is 4.79 Å². The molecule has 0 aromatic heterocycles. The largest absolute Gasteiger partial charge is 0.458 e. The van der Waals surface area contributed by atoms with Crippen LogP contribution in [0.4, 0.5) is 4.79 Å². The number of nitrogens with zero attached hydrogens (tertiary/aromatic N) is 3. The predicted octanol–water partition coefficient (Wildman–Crippen LogP) is 3.99. The van der Waals surface area contributed by atoms with E-state index >= 15 is 0 Å². The molecule has 12 heteroatoms. The molecule has 0 unspecified atom stereocenters. The lowest BCUT2D eigenvalue weighted by Gasteiger charge is -2.46.